The summed E-state index contributed by atoms with van der Waals surface area (Å²) in [6, 6.07) is 12.6. The van der Waals surface area contributed by atoms with E-state index >= 15 is 0 Å². The molecule has 39 heavy (non-hydrogen) atoms. The van der Waals surface area contributed by atoms with Crippen LogP contribution in [0.4, 0.5) is 0 Å². The summed E-state index contributed by atoms with van der Waals surface area (Å²) in [5.74, 6) is 1.52. The van der Waals surface area contributed by atoms with Gasteiger partial charge in [0.25, 0.3) is 0 Å². The first-order valence-corrected chi connectivity index (χ1v) is 14.2. The quantitative estimate of drug-likeness (QED) is 0.236. The van der Waals surface area contributed by atoms with Crippen LogP contribution in [0, 0.1) is 5.92 Å². The van der Waals surface area contributed by atoms with Gasteiger partial charge >= 0.3 is 0 Å². The second kappa shape index (κ2) is 12.4. The van der Waals surface area contributed by atoms with Gasteiger partial charge in [-0.25, -0.2) is 4.98 Å². The third-order valence-corrected chi connectivity index (χ3v) is 7.94. The van der Waals surface area contributed by atoms with Crippen molar-refractivity contribution in [2.75, 3.05) is 46.1 Å². The van der Waals surface area contributed by atoms with Crippen molar-refractivity contribution < 1.29 is 18.9 Å². The lowest BCUT2D eigenvalue weighted by atomic mass is 9.92. The van der Waals surface area contributed by atoms with E-state index < -0.39 is 0 Å². The fourth-order valence-electron chi connectivity index (χ4n) is 5.40. The standard InChI is InChI=1S/C31H38N4O4/c1-35-29-8-9-32-21-28(29)27-6-4-23(15-30(27)35)24-5-7-31(34-20-24)39-26-16-25(17-26)38-14-13-37-12-11-36-10-2-3-22-18-33-19-22/h4-9,15,20-22,25-26,33H,2-3,10-14,16-19H2,1H3. The minimum atomic E-state index is 0.152. The van der Waals surface area contributed by atoms with Crippen molar-refractivity contribution in [2.45, 2.75) is 37.9 Å². The second-order valence-corrected chi connectivity index (χ2v) is 10.7. The Kier molecular flexibility index (Phi) is 8.35. The molecule has 4 aromatic rings. The van der Waals surface area contributed by atoms with Gasteiger partial charge in [0.2, 0.25) is 5.88 Å². The normalized spacial score (nSPS) is 19.3. The third-order valence-electron chi connectivity index (χ3n) is 7.94. The lowest BCUT2D eigenvalue weighted by molar-refractivity contribution is -0.0791. The number of hydrogen-bond acceptors (Lipinski definition) is 7. The van der Waals surface area contributed by atoms with Crippen molar-refractivity contribution in [3.63, 3.8) is 0 Å². The van der Waals surface area contributed by atoms with Crippen molar-refractivity contribution in [1.82, 2.24) is 19.9 Å². The molecule has 1 aliphatic heterocycles. The Hall–Kier alpha value is -3.04. The average molecular weight is 531 g/mol. The van der Waals surface area contributed by atoms with E-state index in [0.29, 0.717) is 32.3 Å². The summed E-state index contributed by atoms with van der Waals surface area (Å²) in [6.07, 6.45) is 10.2. The van der Waals surface area contributed by atoms with Crippen LogP contribution in [0.15, 0.2) is 55.0 Å². The third kappa shape index (κ3) is 6.25. The predicted octanol–water partition coefficient (Wildman–Crippen LogP) is 4.75. The van der Waals surface area contributed by atoms with Gasteiger partial charge in [-0.15, -0.1) is 0 Å². The largest absolute Gasteiger partial charge is 0.474 e. The lowest BCUT2D eigenvalue weighted by Crippen LogP contribution is -2.41. The Morgan fingerprint density at radius 3 is 2.46 bits per heavy atom. The highest BCUT2D eigenvalue weighted by atomic mass is 16.6. The first kappa shape index (κ1) is 26.2. The van der Waals surface area contributed by atoms with Crippen molar-refractivity contribution in [2.24, 2.45) is 13.0 Å². The minimum absolute atomic E-state index is 0.152. The maximum atomic E-state index is 6.06. The molecular formula is C31H38N4O4. The van der Waals surface area contributed by atoms with Crippen LogP contribution in [-0.4, -0.2) is 72.9 Å². The monoisotopic (exact) mass is 530 g/mol. The van der Waals surface area contributed by atoms with Crippen LogP contribution >= 0.6 is 0 Å². The molecule has 1 saturated heterocycles. The zero-order chi connectivity index (χ0) is 26.4. The van der Waals surface area contributed by atoms with E-state index in [4.69, 9.17) is 18.9 Å². The minimum Gasteiger partial charge on any atom is -0.474 e. The molecule has 0 unspecified atom stereocenters. The molecule has 0 amide bonds. The van der Waals surface area contributed by atoms with Crippen molar-refractivity contribution in [1.29, 1.82) is 0 Å². The van der Waals surface area contributed by atoms with Crippen LogP contribution < -0.4 is 10.1 Å². The number of hydrogen-bond donors (Lipinski definition) is 1. The van der Waals surface area contributed by atoms with Gasteiger partial charge in [0.15, 0.2) is 0 Å². The van der Waals surface area contributed by atoms with Gasteiger partial charge in [-0.3, -0.25) is 4.98 Å². The van der Waals surface area contributed by atoms with Crippen molar-refractivity contribution in [3.05, 3.63) is 55.0 Å². The molecule has 1 aliphatic carbocycles. The summed E-state index contributed by atoms with van der Waals surface area (Å²) in [5.41, 5.74) is 4.57. The van der Waals surface area contributed by atoms with E-state index in [1.807, 2.05) is 24.7 Å². The molecule has 0 spiro atoms. The van der Waals surface area contributed by atoms with E-state index in [9.17, 15) is 0 Å². The smallest absolute Gasteiger partial charge is 0.213 e. The van der Waals surface area contributed by atoms with Gasteiger partial charge in [0, 0.05) is 73.0 Å². The van der Waals surface area contributed by atoms with Gasteiger partial charge in [-0.2, -0.15) is 0 Å². The van der Waals surface area contributed by atoms with E-state index in [1.165, 1.54) is 41.3 Å². The summed E-state index contributed by atoms with van der Waals surface area (Å²) in [7, 11) is 2.10. The zero-order valence-corrected chi connectivity index (χ0v) is 22.7. The number of nitrogens with one attached hydrogen (secondary N) is 1. The molecular weight excluding hydrogens is 492 g/mol. The van der Waals surface area contributed by atoms with Crippen molar-refractivity contribution in [3.8, 4) is 17.0 Å². The number of benzene rings is 1. The molecule has 2 fully saturated rings. The summed E-state index contributed by atoms with van der Waals surface area (Å²) in [6.45, 7) is 5.66. The van der Waals surface area contributed by atoms with Gasteiger partial charge in [0.05, 0.1) is 38.0 Å². The van der Waals surface area contributed by atoms with Gasteiger partial charge in [-0.1, -0.05) is 12.1 Å². The SMILES string of the molecule is Cn1c2ccncc2c2ccc(-c3ccc(OC4CC(OCCOCCOCCCC5CNC5)C4)nc3)cc21. The topological polar surface area (TPSA) is 79.7 Å². The number of ether oxygens (including phenoxy) is 4. The van der Waals surface area contributed by atoms with Gasteiger partial charge in [0.1, 0.15) is 6.10 Å². The maximum Gasteiger partial charge on any atom is 0.213 e. The molecule has 6 rings (SSSR count). The summed E-state index contributed by atoms with van der Waals surface area (Å²) >= 11 is 0. The lowest BCUT2D eigenvalue weighted by Gasteiger charge is -2.34. The molecule has 8 nitrogen and oxygen atoms in total. The molecule has 1 aromatic carbocycles. The number of aromatic nitrogens is 3. The molecule has 1 N–H and O–H groups in total. The Morgan fingerprint density at radius 2 is 1.67 bits per heavy atom. The number of aryl methyl sites for hydroxylation is 1. The van der Waals surface area contributed by atoms with Gasteiger partial charge < -0.3 is 28.8 Å². The van der Waals surface area contributed by atoms with E-state index in [1.54, 1.807) is 0 Å². The van der Waals surface area contributed by atoms with E-state index in [2.05, 4.69) is 57.2 Å². The Labute approximate surface area is 229 Å². The molecule has 206 valence electrons. The highest BCUT2D eigenvalue weighted by Gasteiger charge is 2.31. The van der Waals surface area contributed by atoms with Crippen LogP contribution in [0.1, 0.15) is 25.7 Å². The highest BCUT2D eigenvalue weighted by molar-refractivity contribution is 6.08. The number of fused-ring (bicyclic) bond motifs is 3. The number of pyridine rings is 2. The fraction of sp³-hybridized carbons (Fsp3) is 0.484. The molecule has 3 aromatic heterocycles. The fourth-order valence-corrected chi connectivity index (χ4v) is 5.40. The highest BCUT2D eigenvalue weighted by Crippen LogP contribution is 2.32. The molecule has 0 bridgehead atoms. The molecule has 0 atom stereocenters. The maximum absolute atomic E-state index is 6.06. The Morgan fingerprint density at radius 1 is 0.846 bits per heavy atom. The zero-order valence-electron chi connectivity index (χ0n) is 22.7. The number of rotatable bonds is 14. The summed E-state index contributed by atoms with van der Waals surface area (Å²) in [5, 5.41) is 5.69. The van der Waals surface area contributed by atoms with Crippen LogP contribution in [0.3, 0.4) is 0 Å². The van der Waals surface area contributed by atoms with E-state index in [0.717, 1.165) is 42.9 Å². The van der Waals surface area contributed by atoms with Gasteiger partial charge in [-0.05, 0) is 55.6 Å². The summed E-state index contributed by atoms with van der Waals surface area (Å²) in [4.78, 5) is 8.86. The van der Waals surface area contributed by atoms with Crippen LogP contribution in [0.25, 0.3) is 32.9 Å². The first-order valence-electron chi connectivity index (χ1n) is 14.2. The van der Waals surface area contributed by atoms with Crippen LogP contribution in [0.2, 0.25) is 0 Å². The molecule has 0 radical (unpaired) electrons. The Bertz CT molecular complexity index is 1360. The molecule has 2 aliphatic rings. The van der Waals surface area contributed by atoms with Crippen molar-refractivity contribution >= 4 is 21.8 Å². The summed E-state index contributed by atoms with van der Waals surface area (Å²) < 4.78 is 25.4. The Balaban J connectivity index is 0.877. The van der Waals surface area contributed by atoms with Crippen LogP contribution in [-0.2, 0) is 21.3 Å². The van der Waals surface area contributed by atoms with Crippen LogP contribution in [0.5, 0.6) is 5.88 Å². The average Bonchev–Trinajstić information content (AvgIpc) is 3.20. The molecule has 8 heteroatoms. The molecule has 4 heterocycles. The first-order chi connectivity index (χ1) is 19.2. The molecule has 1 saturated carbocycles. The predicted molar refractivity (Wildman–Crippen MR) is 152 cm³/mol. The van der Waals surface area contributed by atoms with E-state index in [-0.39, 0.29) is 12.2 Å². The number of nitrogens with zero attached hydrogens (tertiary/aromatic N) is 3. The second-order valence-electron chi connectivity index (χ2n) is 10.7.